The number of likely N-dealkylation sites (tertiary alicyclic amines) is 1. The molecule has 2 aromatic rings. The molecule has 138 valence electrons. The zero-order valence-corrected chi connectivity index (χ0v) is 14.9. The number of ether oxygens (including phenoxy) is 1. The highest BCUT2D eigenvalue weighted by atomic mass is 16.6. The van der Waals surface area contributed by atoms with E-state index in [1.54, 1.807) is 33.7 Å². The summed E-state index contributed by atoms with van der Waals surface area (Å²) < 4.78 is 7.34. The van der Waals surface area contributed by atoms with Crippen LogP contribution in [0.3, 0.4) is 0 Å². The maximum Gasteiger partial charge on any atom is 0.410 e. The van der Waals surface area contributed by atoms with Crippen molar-refractivity contribution in [2.24, 2.45) is 0 Å². The van der Waals surface area contributed by atoms with Gasteiger partial charge in [-0.3, -0.25) is 9.36 Å². The number of carbonyl (C=O) groups excluding carboxylic acids is 2. The van der Waals surface area contributed by atoms with Gasteiger partial charge in [-0.05, 0) is 13.0 Å². The molecule has 2 aliphatic heterocycles. The van der Waals surface area contributed by atoms with Crippen molar-refractivity contribution >= 4 is 29.1 Å². The Balaban J connectivity index is 1.50. The van der Waals surface area contributed by atoms with Gasteiger partial charge in [0.25, 0.3) is 5.91 Å². The van der Waals surface area contributed by atoms with E-state index in [1.165, 1.54) is 0 Å². The van der Waals surface area contributed by atoms with Crippen LogP contribution >= 0.6 is 0 Å². The summed E-state index contributed by atoms with van der Waals surface area (Å²) in [6, 6.07) is 1.74. The molecule has 0 saturated carbocycles. The van der Waals surface area contributed by atoms with E-state index in [0.29, 0.717) is 61.7 Å². The normalized spacial score (nSPS) is 19.4. The average molecular weight is 358 g/mol. The highest BCUT2D eigenvalue weighted by Gasteiger charge is 2.46. The molecule has 26 heavy (non-hydrogen) atoms. The van der Waals surface area contributed by atoms with Crippen molar-refractivity contribution in [3.05, 3.63) is 17.8 Å². The minimum Gasteiger partial charge on any atom is -0.441 e. The predicted octanol–water partition coefficient (Wildman–Crippen LogP) is 1.09. The van der Waals surface area contributed by atoms with Gasteiger partial charge in [0.2, 0.25) is 5.95 Å². The number of piperidine rings is 1. The molecule has 9 heteroatoms. The number of hydrogen-bond donors (Lipinski definition) is 1. The monoisotopic (exact) mass is 358 g/mol. The molecule has 0 unspecified atom stereocenters. The lowest BCUT2D eigenvalue weighted by molar-refractivity contribution is 0.00317. The molecule has 0 radical (unpaired) electrons. The van der Waals surface area contributed by atoms with E-state index in [2.05, 4.69) is 9.97 Å². The van der Waals surface area contributed by atoms with Gasteiger partial charge in [-0.15, -0.1) is 0 Å². The van der Waals surface area contributed by atoms with E-state index in [9.17, 15) is 9.59 Å². The quantitative estimate of drug-likeness (QED) is 0.861. The molecule has 2 saturated heterocycles. The second-order valence-corrected chi connectivity index (χ2v) is 6.98. The highest BCUT2D eigenvalue weighted by Crippen LogP contribution is 2.33. The lowest BCUT2D eigenvalue weighted by Gasteiger charge is -2.37. The molecule has 0 aromatic carbocycles. The maximum atomic E-state index is 12.8. The molecule has 0 aliphatic carbocycles. The van der Waals surface area contributed by atoms with Gasteiger partial charge in [0.05, 0.1) is 12.1 Å². The minimum absolute atomic E-state index is 0.0865. The number of nitrogens with zero attached hydrogens (tertiary/aromatic N) is 5. The Morgan fingerprint density at radius 2 is 2.12 bits per heavy atom. The number of nitrogen functional groups attached to an aromatic ring is 1. The maximum absolute atomic E-state index is 12.8. The lowest BCUT2D eigenvalue weighted by Crippen LogP contribution is -2.48. The molecular weight excluding hydrogens is 336 g/mol. The first-order valence-corrected chi connectivity index (χ1v) is 8.77. The van der Waals surface area contributed by atoms with Crippen molar-refractivity contribution in [3.63, 3.8) is 0 Å². The number of nitrogens with two attached hydrogens (primary N) is 1. The van der Waals surface area contributed by atoms with Gasteiger partial charge in [-0.2, -0.15) is 0 Å². The first kappa shape index (κ1) is 16.6. The summed E-state index contributed by atoms with van der Waals surface area (Å²) in [6.07, 6.45) is 2.57. The SMILES string of the molecule is CCn1c(N)nc2cc(C(=O)N3CCC4(CC3)CN(C)C(=O)O4)cnc21. The third kappa shape index (κ3) is 2.54. The molecule has 9 nitrogen and oxygen atoms in total. The number of fused-ring (bicyclic) bond motifs is 1. The van der Waals surface area contributed by atoms with Crippen molar-refractivity contribution in [1.82, 2.24) is 24.3 Å². The summed E-state index contributed by atoms with van der Waals surface area (Å²) in [6.45, 7) is 4.31. The largest absolute Gasteiger partial charge is 0.441 e. The van der Waals surface area contributed by atoms with Crippen LogP contribution in [0.1, 0.15) is 30.1 Å². The standard InChI is InChI=1S/C17H22N6O3/c1-3-23-13-12(20-15(23)18)8-11(9-19-13)14(24)22-6-4-17(5-7-22)10-21(2)16(25)26-17/h8-9H,3-7,10H2,1-2H3,(H2,18,20). The Labute approximate surface area is 150 Å². The highest BCUT2D eigenvalue weighted by molar-refractivity contribution is 5.96. The Kier molecular flexibility index (Phi) is 3.74. The Bertz CT molecular complexity index is 884. The van der Waals surface area contributed by atoms with Crippen LogP contribution in [0.5, 0.6) is 0 Å². The van der Waals surface area contributed by atoms with Crippen LogP contribution < -0.4 is 5.73 Å². The zero-order valence-electron chi connectivity index (χ0n) is 14.9. The van der Waals surface area contributed by atoms with Gasteiger partial charge in [0.15, 0.2) is 5.65 Å². The van der Waals surface area contributed by atoms with Crippen molar-refractivity contribution in [2.45, 2.75) is 31.9 Å². The predicted molar refractivity (Wildman–Crippen MR) is 94.6 cm³/mol. The number of imidazole rings is 1. The van der Waals surface area contributed by atoms with Crippen LogP contribution in [0.4, 0.5) is 10.7 Å². The van der Waals surface area contributed by atoms with Crippen LogP contribution in [-0.4, -0.2) is 68.6 Å². The van der Waals surface area contributed by atoms with E-state index < -0.39 is 5.60 Å². The molecule has 2 fully saturated rings. The third-order valence-electron chi connectivity index (χ3n) is 5.28. The van der Waals surface area contributed by atoms with Crippen LogP contribution in [0, 0.1) is 0 Å². The third-order valence-corrected chi connectivity index (χ3v) is 5.28. The summed E-state index contributed by atoms with van der Waals surface area (Å²) in [4.78, 5) is 36.5. The van der Waals surface area contributed by atoms with Gasteiger partial charge >= 0.3 is 6.09 Å². The number of anilines is 1. The lowest BCUT2D eigenvalue weighted by atomic mass is 9.91. The molecule has 4 rings (SSSR count). The summed E-state index contributed by atoms with van der Waals surface area (Å²) >= 11 is 0. The number of pyridine rings is 1. The van der Waals surface area contributed by atoms with Gasteiger partial charge in [0, 0.05) is 45.7 Å². The topological polar surface area (TPSA) is 107 Å². The Morgan fingerprint density at radius 3 is 2.73 bits per heavy atom. The van der Waals surface area contributed by atoms with Gasteiger partial charge in [-0.25, -0.2) is 14.8 Å². The van der Waals surface area contributed by atoms with E-state index >= 15 is 0 Å². The number of aryl methyl sites for hydroxylation is 1. The molecule has 1 spiro atoms. The number of rotatable bonds is 2. The number of amides is 2. The van der Waals surface area contributed by atoms with Gasteiger partial charge in [0.1, 0.15) is 11.1 Å². The summed E-state index contributed by atoms with van der Waals surface area (Å²) in [5.41, 5.74) is 7.23. The van der Waals surface area contributed by atoms with Crippen LogP contribution in [0.2, 0.25) is 0 Å². The number of aromatic nitrogens is 3. The van der Waals surface area contributed by atoms with E-state index in [0.717, 1.165) is 0 Å². The molecule has 0 atom stereocenters. The summed E-state index contributed by atoms with van der Waals surface area (Å²) in [5.74, 6) is 0.309. The van der Waals surface area contributed by atoms with Crippen LogP contribution in [0.25, 0.3) is 11.2 Å². The fourth-order valence-corrected chi connectivity index (χ4v) is 3.81. The molecular formula is C17H22N6O3. The fraction of sp³-hybridized carbons (Fsp3) is 0.529. The molecule has 2 N–H and O–H groups in total. The molecule has 4 heterocycles. The van der Waals surface area contributed by atoms with Crippen molar-refractivity contribution < 1.29 is 14.3 Å². The molecule has 2 aromatic heterocycles. The van der Waals surface area contributed by atoms with Crippen molar-refractivity contribution in [3.8, 4) is 0 Å². The Hall–Kier alpha value is -2.84. The van der Waals surface area contributed by atoms with Gasteiger partial charge < -0.3 is 20.3 Å². The molecule has 2 aliphatic rings. The van der Waals surface area contributed by atoms with E-state index in [-0.39, 0.29) is 12.0 Å². The van der Waals surface area contributed by atoms with Crippen LogP contribution in [-0.2, 0) is 11.3 Å². The minimum atomic E-state index is -0.459. The first-order chi connectivity index (χ1) is 12.4. The van der Waals surface area contributed by atoms with Crippen molar-refractivity contribution in [2.75, 3.05) is 32.4 Å². The molecule has 0 bridgehead atoms. The number of carbonyl (C=O) groups is 2. The summed E-state index contributed by atoms with van der Waals surface area (Å²) in [7, 11) is 1.73. The van der Waals surface area contributed by atoms with E-state index in [1.807, 2.05) is 6.92 Å². The van der Waals surface area contributed by atoms with Crippen LogP contribution in [0.15, 0.2) is 12.3 Å². The molecule has 2 amide bonds. The second kappa shape index (κ2) is 5.86. The van der Waals surface area contributed by atoms with E-state index in [4.69, 9.17) is 10.5 Å². The summed E-state index contributed by atoms with van der Waals surface area (Å²) in [5, 5.41) is 0. The second-order valence-electron chi connectivity index (χ2n) is 6.98. The Morgan fingerprint density at radius 1 is 1.38 bits per heavy atom. The fourth-order valence-electron chi connectivity index (χ4n) is 3.81. The zero-order chi connectivity index (χ0) is 18.5. The van der Waals surface area contributed by atoms with Gasteiger partial charge in [-0.1, -0.05) is 0 Å². The van der Waals surface area contributed by atoms with Crippen molar-refractivity contribution in [1.29, 1.82) is 0 Å². The number of likely N-dealkylation sites (N-methyl/N-ethyl adjacent to an activating group) is 1. The first-order valence-electron chi connectivity index (χ1n) is 8.77. The smallest absolute Gasteiger partial charge is 0.410 e. The number of hydrogen-bond acceptors (Lipinski definition) is 6. The average Bonchev–Trinajstić information content (AvgIpc) is 3.09.